The van der Waals surface area contributed by atoms with Gasteiger partial charge in [-0.15, -0.1) is 0 Å². The lowest BCUT2D eigenvalue weighted by molar-refractivity contribution is 0.241. The summed E-state index contributed by atoms with van der Waals surface area (Å²) < 4.78 is 5.78. The topological polar surface area (TPSA) is 61.1 Å². The number of nitrogens with zero attached hydrogens (tertiary/aromatic N) is 1. The lowest BCUT2D eigenvalue weighted by Crippen LogP contribution is -2.35. The third-order valence-corrected chi connectivity index (χ3v) is 4.86. The summed E-state index contributed by atoms with van der Waals surface area (Å²) in [5.74, 6) is 0.916. The average molecular weight is 331 g/mol. The monoisotopic (exact) mass is 331 g/mol. The lowest BCUT2D eigenvalue weighted by Gasteiger charge is -2.28. The van der Waals surface area contributed by atoms with E-state index in [2.05, 4.69) is 34.8 Å². The minimum absolute atomic E-state index is 0.0731. The Bertz CT molecular complexity index is 854. The highest BCUT2D eigenvalue weighted by atomic mass is 32.1. The average Bonchev–Trinajstić information content (AvgIpc) is 2.52. The fourth-order valence-electron chi connectivity index (χ4n) is 3.13. The van der Waals surface area contributed by atoms with Crippen molar-refractivity contribution < 1.29 is 4.74 Å². The molecule has 0 atom stereocenters. The van der Waals surface area contributed by atoms with E-state index in [4.69, 9.17) is 17.0 Å². The molecule has 1 aromatic carbocycles. The quantitative estimate of drug-likeness (QED) is 0.849. The Morgan fingerprint density at radius 1 is 1.26 bits per heavy atom. The van der Waals surface area contributed by atoms with Gasteiger partial charge in [-0.1, -0.05) is 6.07 Å². The Morgan fingerprint density at radius 3 is 2.78 bits per heavy atom. The third-order valence-electron chi connectivity index (χ3n) is 4.65. The molecule has 1 aromatic heterocycles. The molecule has 2 N–H and O–H groups in total. The largest absolute Gasteiger partial charge is 0.496 e. The van der Waals surface area contributed by atoms with Gasteiger partial charge in [0.15, 0.2) is 4.77 Å². The van der Waals surface area contributed by atoms with Crippen LogP contribution in [0.2, 0.25) is 0 Å². The molecule has 1 aliphatic heterocycles. The molecule has 5 nitrogen and oxygen atoms in total. The van der Waals surface area contributed by atoms with Crippen molar-refractivity contribution in [2.45, 2.75) is 33.4 Å². The molecule has 2 aromatic rings. The van der Waals surface area contributed by atoms with Gasteiger partial charge in [-0.25, -0.2) is 0 Å². The third kappa shape index (κ3) is 3.09. The molecule has 2 heterocycles. The van der Waals surface area contributed by atoms with Crippen LogP contribution in [0.1, 0.15) is 27.9 Å². The summed E-state index contributed by atoms with van der Waals surface area (Å²) in [4.78, 5) is 20.2. The molecule has 122 valence electrons. The molecule has 0 unspecified atom stereocenters. The minimum atomic E-state index is -0.0731. The first-order valence-electron chi connectivity index (χ1n) is 7.69. The molecular weight excluding hydrogens is 310 g/mol. The van der Waals surface area contributed by atoms with E-state index in [9.17, 15) is 4.79 Å². The van der Waals surface area contributed by atoms with Gasteiger partial charge in [0.2, 0.25) is 0 Å². The maximum absolute atomic E-state index is 12.1. The van der Waals surface area contributed by atoms with Crippen LogP contribution in [0, 0.1) is 18.6 Å². The second-order valence-corrected chi connectivity index (χ2v) is 6.41. The number of nitrogens with one attached hydrogen (secondary N) is 2. The van der Waals surface area contributed by atoms with Gasteiger partial charge in [-0.3, -0.25) is 14.7 Å². The summed E-state index contributed by atoms with van der Waals surface area (Å²) >= 11 is 5.04. The number of benzene rings is 1. The Balaban J connectivity index is 1.84. The number of hydrogen-bond donors (Lipinski definition) is 2. The van der Waals surface area contributed by atoms with Gasteiger partial charge in [0, 0.05) is 31.7 Å². The summed E-state index contributed by atoms with van der Waals surface area (Å²) in [5, 5.41) is 0. The Morgan fingerprint density at radius 2 is 2.04 bits per heavy atom. The highest BCUT2D eigenvalue weighted by Crippen LogP contribution is 2.26. The van der Waals surface area contributed by atoms with Gasteiger partial charge >= 0.3 is 0 Å². The van der Waals surface area contributed by atoms with Crippen molar-refractivity contribution in [3.8, 4) is 5.75 Å². The van der Waals surface area contributed by atoms with Crippen LogP contribution in [-0.2, 0) is 19.5 Å². The zero-order valence-electron chi connectivity index (χ0n) is 13.7. The summed E-state index contributed by atoms with van der Waals surface area (Å²) in [5.41, 5.74) is 5.38. The Labute approximate surface area is 140 Å². The molecule has 23 heavy (non-hydrogen) atoms. The van der Waals surface area contributed by atoms with E-state index in [1.807, 2.05) is 6.07 Å². The molecule has 3 rings (SSSR count). The number of hydrogen-bond acceptors (Lipinski definition) is 4. The number of methoxy groups -OCH3 is 1. The summed E-state index contributed by atoms with van der Waals surface area (Å²) in [6.07, 6.45) is 0.817. The highest BCUT2D eigenvalue weighted by molar-refractivity contribution is 7.71. The number of H-pyrrole nitrogens is 2. The van der Waals surface area contributed by atoms with Gasteiger partial charge in [0.05, 0.1) is 12.7 Å². The zero-order valence-corrected chi connectivity index (χ0v) is 14.5. The Kier molecular flexibility index (Phi) is 4.37. The predicted molar refractivity (Wildman–Crippen MR) is 92.5 cm³/mol. The molecule has 0 spiro atoms. The maximum atomic E-state index is 12.1. The summed E-state index contributed by atoms with van der Waals surface area (Å²) in [6, 6.07) is 4.12. The zero-order chi connectivity index (χ0) is 16.6. The van der Waals surface area contributed by atoms with E-state index in [1.54, 1.807) is 7.11 Å². The van der Waals surface area contributed by atoms with E-state index >= 15 is 0 Å². The van der Waals surface area contributed by atoms with Crippen molar-refractivity contribution in [3.05, 3.63) is 55.2 Å². The minimum Gasteiger partial charge on any atom is -0.496 e. The van der Waals surface area contributed by atoms with Gasteiger partial charge in [0.1, 0.15) is 5.75 Å². The SMILES string of the molecule is COc1ccc(CN2CCc3[nH]c(=S)[nH]c(=O)c3C2)c(C)c1C. The van der Waals surface area contributed by atoms with Crippen LogP contribution < -0.4 is 10.3 Å². The van der Waals surface area contributed by atoms with Crippen LogP contribution >= 0.6 is 12.2 Å². The smallest absolute Gasteiger partial charge is 0.256 e. The molecule has 0 aliphatic carbocycles. The van der Waals surface area contributed by atoms with E-state index in [-0.39, 0.29) is 5.56 Å². The molecule has 0 saturated carbocycles. The Hall–Kier alpha value is -1.92. The fourth-order valence-corrected chi connectivity index (χ4v) is 3.35. The van der Waals surface area contributed by atoms with Crippen LogP contribution in [0.5, 0.6) is 5.75 Å². The highest BCUT2D eigenvalue weighted by Gasteiger charge is 2.20. The van der Waals surface area contributed by atoms with Gasteiger partial charge in [0.25, 0.3) is 5.56 Å². The lowest BCUT2D eigenvalue weighted by atomic mass is 10.0. The molecular formula is C17H21N3O2S. The second-order valence-electron chi connectivity index (χ2n) is 6.00. The van der Waals surface area contributed by atoms with Crippen molar-refractivity contribution in [1.29, 1.82) is 0 Å². The number of fused-ring (bicyclic) bond motifs is 1. The molecule has 0 radical (unpaired) electrons. The number of aromatic amines is 2. The standard InChI is InChI=1S/C17H21N3O2S/c1-10-11(2)15(22-3)5-4-12(10)8-20-7-6-14-13(9-20)16(21)19-17(23)18-14/h4-5H,6-9H2,1-3H3,(H2,18,19,21,23). The first-order chi connectivity index (χ1) is 11.0. The molecule has 6 heteroatoms. The van der Waals surface area contributed by atoms with Crippen molar-refractivity contribution in [2.75, 3.05) is 13.7 Å². The molecule has 0 bridgehead atoms. The van der Waals surface area contributed by atoms with Gasteiger partial charge < -0.3 is 9.72 Å². The number of rotatable bonds is 3. The summed E-state index contributed by atoms with van der Waals surface area (Å²) in [6.45, 7) is 6.57. The summed E-state index contributed by atoms with van der Waals surface area (Å²) in [7, 11) is 1.69. The normalized spacial score (nSPS) is 14.6. The molecule has 0 amide bonds. The van der Waals surface area contributed by atoms with Crippen LogP contribution in [-0.4, -0.2) is 28.5 Å². The van der Waals surface area contributed by atoms with E-state index in [1.165, 1.54) is 16.7 Å². The number of aromatic nitrogens is 2. The maximum Gasteiger partial charge on any atom is 0.256 e. The van der Waals surface area contributed by atoms with Crippen molar-refractivity contribution >= 4 is 12.2 Å². The number of ether oxygens (including phenoxy) is 1. The van der Waals surface area contributed by atoms with Crippen LogP contribution in [0.15, 0.2) is 16.9 Å². The van der Waals surface area contributed by atoms with E-state index < -0.39 is 0 Å². The van der Waals surface area contributed by atoms with E-state index in [0.29, 0.717) is 11.3 Å². The van der Waals surface area contributed by atoms with Crippen molar-refractivity contribution in [3.63, 3.8) is 0 Å². The van der Waals surface area contributed by atoms with Crippen molar-refractivity contribution in [2.24, 2.45) is 0 Å². The second kappa shape index (κ2) is 6.29. The first kappa shape index (κ1) is 16.0. The van der Waals surface area contributed by atoms with Gasteiger partial charge in [-0.05, 0) is 48.8 Å². The fraction of sp³-hybridized carbons (Fsp3) is 0.412. The van der Waals surface area contributed by atoms with Crippen LogP contribution in [0.25, 0.3) is 0 Å². The van der Waals surface area contributed by atoms with E-state index in [0.717, 1.165) is 36.5 Å². The molecule has 0 fully saturated rings. The predicted octanol–water partition coefficient (Wildman–Crippen LogP) is 2.62. The van der Waals surface area contributed by atoms with Crippen LogP contribution in [0.4, 0.5) is 0 Å². The molecule has 0 saturated heterocycles. The molecule has 1 aliphatic rings. The van der Waals surface area contributed by atoms with Gasteiger partial charge in [-0.2, -0.15) is 0 Å². The first-order valence-corrected chi connectivity index (χ1v) is 8.10. The van der Waals surface area contributed by atoms with Crippen molar-refractivity contribution in [1.82, 2.24) is 14.9 Å². The van der Waals surface area contributed by atoms with Crippen LogP contribution in [0.3, 0.4) is 0 Å².